The van der Waals surface area contributed by atoms with Crippen LogP contribution in [0.2, 0.25) is 10.0 Å². The van der Waals surface area contributed by atoms with E-state index in [9.17, 15) is 18.4 Å². The number of benzene rings is 2. The third-order valence-corrected chi connectivity index (χ3v) is 6.63. The number of nitrogens with zero attached hydrogens (tertiary/aromatic N) is 10. The molecule has 6 rings (SSSR count). The van der Waals surface area contributed by atoms with Crippen LogP contribution in [0.1, 0.15) is 39.5 Å². The number of nitrogens with one attached hydrogen (secondary N) is 1. The topological polar surface area (TPSA) is 215 Å². The van der Waals surface area contributed by atoms with Crippen LogP contribution in [0.15, 0.2) is 73.6 Å². The van der Waals surface area contributed by atoms with Gasteiger partial charge in [0.2, 0.25) is 5.82 Å². The van der Waals surface area contributed by atoms with Gasteiger partial charge in [-0.15, -0.1) is 5.10 Å². The summed E-state index contributed by atoms with van der Waals surface area (Å²) in [5.74, 6) is -0.705. The fourth-order valence-corrected chi connectivity index (χ4v) is 4.06. The minimum Gasteiger partial charge on any atom is -0.870 e. The summed E-state index contributed by atoms with van der Waals surface area (Å²) in [5.41, 5.74) is 6.66. The van der Waals surface area contributed by atoms with Gasteiger partial charge < -0.3 is 21.3 Å². The summed E-state index contributed by atoms with van der Waals surface area (Å²) >= 11 is 11.0. The van der Waals surface area contributed by atoms with Crippen molar-refractivity contribution in [3.63, 3.8) is 0 Å². The Bertz CT molecular complexity index is 1980. The van der Waals surface area contributed by atoms with Gasteiger partial charge in [-0.2, -0.15) is 11.4 Å². The molecule has 4 aromatic heterocycles. The Balaban J connectivity index is 0.000000285. The number of nitrogen functional groups attached to an aromatic ring is 1. The minimum atomic E-state index is -0.705. The number of hydrogen-bond donors (Lipinski definition) is 2. The second kappa shape index (κ2) is 19.7. The SMILES string of the molecule is Cc1nc(C(=O)Nc2cccc(Cl)c2F)nn1Cc1cnccn1.Cc1nc([C-]=O)nn1Cc1cnccn1.Nc1cccc(Cl)c1F.[Li+].[OH-]. The molecular weight excluding hydrogens is 692 g/mol. The minimum absolute atomic E-state index is 0. The fourth-order valence-electron chi connectivity index (χ4n) is 3.71. The molecule has 4 N–H and O–H groups in total. The molecule has 0 spiro atoms. The first-order valence-electron chi connectivity index (χ1n) is 13.7. The van der Waals surface area contributed by atoms with E-state index in [1.165, 1.54) is 35.0 Å². The van der Waals surface area contributed by atoms with Crippen molar-refractivity contribution in [2.75, 3.05) is 11.1 Å². The van der Waals surface area contributed by atoms with Crippen molar-refractivity contribution < 1.29 is 42.7 Å². The molecule has 2 aromatic carbocycles. The maximum absolute atomic E-state index is 13.8. The van der Waals surface area contributed by atoms with Crippen LogP contribution in [-0.2, 0) is 17.9 Å². The van der Waals surface area contributed by atoms with Crippen LogP contribution >= 0.6 is 23.2 Å². The quantitative estimate of drug-likeness (QED) is 0.136. The summed E-state index contributed by atoms with van der Waals surface area (Å²) in [4.78, 5) is 46.7. The van der Waals surface area contributed by atoms with Gasteiger partial charge in [0.25, 0.3) is 5.91 Å². The number of rotatable bonds is 7. The normalized spacial score (nSPS) is 9.88. The third kappa shape index (κ3) is 11.5. The Labute approximate surface area is 305 Å². The molecule has 0 fully saturated rings. The number of nitrogens with two attached hydrogens (primary N) is 1. The number of halogens is 4. The van der Waals surface area contributed by atoms with Crippen LogP contribution in [0.25, 0.3) is 0 Å². The molecule has 0 radical (unpaired) electrons. The van der Waals surface area contributed by atoms with Crippen molar-refractivity contribution in [2.24, 2.45) is 0 Å². The Morgan fingerprint density at radius 3 is 1.88 bits per heavy atom. The molecule has 0 unspecified atom stereocenters. The van der Waals surface area contributed by atoms with Crippen molar-refractivity contribution in [2.45, 2.75) is 26.9 Å². The molecule has 0 aliphatic carbocycles. The van der Waals surface area contributed by atoms with Crippen LogP contribution in [0.5, 0.6) is 0 Å². The average Bonchev–Trinajstić information content (AvgIpc) is 3.64. The van der Waals surface area contributed by atoms with Crippen LogP contribution in [-0.4, -0.2) is 67.1 Å². The van der Waals surface area contributed by atoms with Crippen molar-refractivity contribution in [1.82, 2.24) is 49.5 Å². The van der Waals surface area contributed by atoms with Gasteiger partial charge in [0.15, 0.2) is 11.6 Å². The molecule has 254 valence electrons. The molecular formula is C30H26Cl2F2LiN12O3-. The summed E-state index contributed by atoms with van der Waals surface area (Å²) in [5, 5.41) is 10.5. The van der Waals surface area contributed by atoms with E-state index in [1.807, 2.05) is 0 Å². The Morgan fingerprint density at radius 2 is 1.38 bits per heavy atom. The third-order valence-electron chi connectivity index (χ3n) is 6.05. The summed E-state index contributed by atoms with van der Waals surface area (Å²) in [6, 6.07) is 8.84. The van der Waals surface area contributed by atoms with Crippen molar-refractivity contribution in [1.29, 1.82) is 0 Å². The van der Waals surface area contributed by atoms with Crippen LogP contribution < -0.4 is 29.9 Å². The number of anilines is 2. The molecule has 0 saturated carbocycles. The molecule has 0 saturated heterocycles. The zero-order chi connectivity index (χ0) is 34.6. The zero-order valence-corrected chi connectivity index (χ0v) is 28.2. The molecule has 15 nitrogen and oxygen atoms in total. The van der Waals surface area contributed by atoms with Gasteiger partial charge in [0.05, 0.1) is 58.3 Å². The van der Waals surface area contributed by atoms with Gasteiger partial charge in [-0.05, 0) is 38.1 Å². The molecule has 6 aromatic rings. The van der Waals surface area contributed by atoms with E-state index in [1.54, 1.807) is 68.1 Å². The van der Waals surface area contributed by atoms with Crippen molar-refractivity contribution >= 4 is 46.8 Å². The molecule has 0 atom stereocenters. The Hall–Kier alpha value is -5.18. The summed E-state index contributed by atoms with van der Waals surface area (Å²) in [6.45, 7) is 4.25. The van der Waals surface area contributed by atoms with Gasteiger partial charge in [0, 0.05) is 30.6 Å². The van der Waals surface area contributed by atoms with Gasteiger partial charge in [-0.25, -0.2) is 28.1 Å². The standard InChI is InChI=1S/C15H12ClFN6O.C9H8N5O.C6H5ClFN.Li.H2O/c1-9-20-14(22-23(9)8-10-7-18-5-6-19-10)15(24)21-12-4-2-3-11(16)13(12)17;1-7-12-9(6-15)13-14(7)5-8-4-10-2-3-11-8;7-4-2-1-3-5(9)6(4)8;;/h2-7H,8H2,1H3,(H,21,24);2-4H,5H2,1H3;1-3H,9H2;;1H2/q;-1;;+1;/p-1. The first-order chi connectivity index (χ1) is 23.0. The number of amides is 1. The number of aromatic nitrogens is 10. The van der Waals surface area contributed by atoms with Crippen molar-refractivity contribution in [3.8, 4) is 0 Å². The van der Waals surface area contributed by atoms with E-state index < -0.39 is 17.5 Å². The maximum atomic E-state index is 13.8. The monoisotopic (exact) mass is 717 g/mol. The van der Waals surface area contributed by atoms with Gasteiger partial charge in [-0.1, -0.05) is 35.3 Å². The van der Waals surface area contributed by atoms with Crippen LogP contribution in [0.3, 0.4) is 0 Å². The van der Waals surface area contributed by atoms with E-state index in [0.717, 1.165) is 5.69 Å². The zero-order valence-electron chi connectivity index (χ0n) is 26.7. The van der Waals surface area contributed by atoms with Gasteiger partial charge >= 0.3 is 18.9 Å². The largest absolute Gasteiger partial charge is 1.00 e. The summed E-state index contributed by atoms with van der Waals surface area (Å²) in [7, 11) is 0. The van der Waals surface area contributed by atoms with E-state index in [-0.39, 0.29) is 57.4 Å². The smallest absolute Gasteiger partial charge is 0.870 e. The molecule has 0 aliphatic heterocycles. The van der Waals surface area contributed by atoms with Gasteiger partial charge in [-0.3, -0.25) is 24.7 Å². The maximum Gasteiger partial charge on any atom is 1.00 e. The Morgan fingerprint density at radius 1 is 0.840 bits per heavy atom. The average molecular weight is 718 g/mol. The first kappa shape index (κ1) is 41.0. The van der Waals surface area contributed by atoms with E-state index in [0.29, 0.717) is 30.4 Å². The molecule has 4 heterocycles. The molecule has 50 heavy (non-hydrogen) atoms. The summed E-state index contributed by atoms with van der Waals surface area (Å²) in [6.07, 6.45) is 11.2. The molecule has 0 bridgehead atoms. The van der Waals surface area contributed by atoms with Crippen molar-refractivity contribution in [3.05, 3.63) is 130 Å². The predicted molar refractivity (Wildman–Crippen MR) is 174 cm³/mol. The number of carbonyl (C=O) groups excluding carboxylic acids is 2. The number of carbonyl (C=O) groups is 1. The van der Waals surface area contributed by atoms with E-state index in [4.69, 9.17) is 28.9 Å². The first-order valence-corrected chi connectivity index (χ1v) is 14.5. The van der Waals surface area contributed by atoms with E-state index >= 15 is 0 Å². The number of aryl methyl sites for hydroxylation is 2. The van der Waals surface area contributed by atoms with Crippen LogP contribution in [0.4, 0.5) is 20.2 Å². The second-order valence-electron chi connectivity index (χ2n) is 9.47. The second-order valence-corrected chi connectivity index (χ2v) is 10.3. The number of hydrogen-bond acceptors (Lipinski definition) is 12. The van der Waals surface area contributed by atoms with E-state index in [2.05, 4.69) is 45.4 Å². The molecule has 20 heteroatoms. The Kier molecular flexibility index (Phi) is 16.2. The predicted octanol–water partition coefficient (Wildman–Crippen LogP) is 1.24. The fraction of sp³-hybridized carbons (Fsp3) is 0.133. The molecule has 1 amide bonds. The summed E-state index contributed by atoms with van der Waals surface area (Å²) < 4.78 is 29.4. The van der Waals surface area contributed by atoms with Crippen LogP contribution in [0, 0.1) is 25.5 Å². The van der Waals surface area contributed by atoms with Gasteiger partial charge in [0.1, 0.15) is 11.6 Å². The molecule has 0 aliphatic rings.